The Morgan fingerprint density at radius 2 is 1.82 bits per heavy atom. The number of nitrogens with zero attached hydrogens (tertiary/aromatic N) is 4. The number of cyclic esters (lactones) is 1. The zero-order valence-corrected chi connectivity index (χ0v) is 27.1. The van der Waals surface area contributed by atoms with Gasteiger partial charge in [0.15, 0.2) is 0 Å². The number of methoxy groups -OCH3 is 2. The van der Waals surface area contributed by atoms with Crippen molar-refractivity contribution in [3.05, 3.63) is 46.8 Å². The van der Waals surface area contributed by atoms with Crippen LogP contribution in [0, 0.1) is 17.8 Å². The van der Waals surface area contributed by atoms with Crippen molar-refractivity contribution in [3.63, 3.8) is 0 Å². The highest BCUT2D eigenvalue weighted by Crippen LogP contribution is 2.44. The fraction of sp³-hybridized carbons (Fsp3) is 0.625. The van der Waals surface area contributed by atoms with E-state index in [0.717, 1.165) is 0 Å². The molecular weight excluding hydrogens is 672 g/mol. The van der Waals surface area contributed by atoms with E-state index >= 15 is 0 Å². The number of hydrogen-bond acceptors (Lipinski definition) is 8. The second-order valence-corrected chi connectivity index (χ2v) is 12.8. The number of carbonyl (C=O) groups is 2. The first-order chi connectivity index (χ1) is 22.8. The molecule has 0 saturated carbocycles. The number of esters is 1. The van der Waals surface area contributed by atoms with Crippen LogP contribution in [0.4, 0.5) is 39.9 Å². The third kappa shape index (κ3) is 7.79. The molecule has 49 heavy (non-hydrogen) atoms. The number of guanidine groups is 1. The smallest absolute Gasteiger partial charge is 0.412 e. The summed E-state index contributed by atoms with van der Waals surface area (Å²) in [5, 5.41) is 0. The minimum Gasteiger partial charge on any atom is -0.497 e. The molecule has 3 heterocycles. The van der Waals surface area contributed by atoms with Crippen LogP contribution in [0.2, 0.25) is 0 Å². The van der Waals surface area contributed by atoms with Crippen molar-refractivity contribution >= 4 is 23.7 Å². The molecular formula is C32H36F8N4O5. The molecule has 0 radical (unpaired) electrons. The highest BCUT2D eigenvalue weighted by molar-refractivity contribution is 6.01. The van der Waals surface area contributed by atoms with Crippen LogP contribution in [0.3, 0.4) is 0 Å². The van der Waals surface area contributed by atoms with Gasteiger partial charge in [0.25, 0.3) is 5.92 Å². The van der Waals surface area contributed by atoms with Crippen LogP contribution in [-0.2, 0) is 19.0 Å². The van der Waals surface area contributed by atoms with Gasteiger partial charge in [-0.1, -0.05) is 12.2 Å². The van der Waals surface area contributed by atoms with Crippen molar-refractivity contribution in [1.29, 1.82) is 0 Å². The lowest BCUT2D eigenvalue weighted by atomic mass is 9.79. The molecule has 0 bridgehead atoms. The molecule has 3 unspecified atom stereocenters. The number of allylic oxidation sites excluding steroid dienone is 5. The predicted molar refractivity (Wildman–Crippen MR) is 160 cm³/mol. The van der Waals surface area contributed by atoms with Gasteiger partial charge in [-0.25, -0.2) is 23.6 Å². The summed E-state index contributed by atoms with van der Waals surface area (Å²) in [7, 11) is 2.73. The third-order valence-corrected chi connectivity index (χ3v) is 9.39. The van der Waals surface area contributed by atoms with Crippen LogP contribution in [-0.4, -0.2) is 104 Å². The maximum absolute atomic E-state index is 13.8. The Kier molecular flexibility index (Phi) is 9.96. The molecule has 9 nitrogen and oxygen atoms in total. The number of halogens is 8. The Morgan fingerprint density at radius 3 is 2.41 bits per heavy atom. The van der Waals surface area contributed by atoms with Gasteiger partial charge in [0.1, 0.15) is 11.9 Å². The first-order valence-electron chi connectivity index (χ1n) is 15.6. The first kappa shape index (κ1) is 36.4. The molecule has 0 spiro atoms. The van der Waals surface area contributed by atoms with Crippen molar-refractivity contribution in [1.82, 2.24) is 9.80 Å². The van der Waals surface area contributed by atoms with Gasteiger partial charge in [0.05, 0.1) is 45.3 Å². The Morgan fingerprint density at radius 1 is 1.12 bits per heavy atom. The Hall–Kier alpha value is -3.92. The van der Waals surface area contributed by atoms with Crippen molar-refractivity contribution in [3.8, 4) is 0 Å². The van der Waals surface area contributed by atoms with Gasteiger partial charge in [-0.05, 0) is 56.8 Å². The van der Waals surface area contributed by atoms with Gasteiger partial charge in [-0.15, -0.1) is 0 Å². The zero-order chi connectivity index (χ0) is 36.1. The molecule has 2 aliphatic carbocycles. The summed E-state index contributed by atoms with van der Waals surface area (Å²) in [6.07, 6.45) is -7.65. The average Bonchev–Trinajstić information content (AvgIpc) is 3.29. The number of alkyl halides is 8. The van der Waals surface area contributed by atoms with Gasteiger partial charge in [-0.3, -0.25) is 9.69 Å². The van der Waals surface area contributed by atoms with Gasteiger partial charge >= 0.3 is 24.4 Å². The largest absolute Gasteiger partial charge is 0.497 e. The molecule has 0 aromatic rings. The van der Waals surface area contributed by atoms with Crippen LogP contribution in [0.5, 0.6) is 0 Å². The van der Waals surface area contributed by atoms with Crippen molar-refractivity contribution in [2.24, 2.45) is 27.7 Å². The number of aliphatic imine (C=N–C) groups is 2. The lowest BCUT2D eigenvalue weighted by Gasteiger charge is -2.42. The summed E-state index contributed by atoms with van der Waals surface area (Å²) in [6, 6.07) is -1.93. The van der Waals surface area contributed by atoms with Crippen molar-refractivity contribution in [2.45, 2.75) is 76.0 Å². The number of likely N-dealkylation sites (tertiary alicyclic amines) is 1. The molecule has 0 N–H and O–H groups in total. The number of rotatable bonds is 8. The minimum absolute atomic E-state index is 0.00352. The summed E-state index contributed by atoms with van der Waals surface area (Å²) < 4.78 is 125. The maximum atomic E-state index is 13.8. The first-order valence-corrected chi connectivity index (χ1v) is 15.6. The lowest BCUT2D eigenvalue weighted by Crippen LogP contribution is -2.59. The predicted octanol–water partition coefficient (Wildman–Crippen LogP) is 6.39. The fourth-order valence-electron chi connectivity index (χ4n) is 6.80. The molecule has 17 heteroatoms. The number of carbonyl (C=O) groups excluding carboxylic acids is 2. The van der Waals surface area contributed by atoms with E-state index < -0.39 is 91.0 Å². The van der Waals surface area contributed by atoms with Gasteiger partial charge in [0, 0.05) is 35.7 Å². The highest BCUT2D eigenvalue weighted by Gasteiger charge is 2.51. The summed E-state index contributed by atoms with van der Waals surface area (Å²) in [4.78, 5) is 36.7. The molecule has 6 atom stereocenters. The molecule has 5 rings (SSSR count). The summed E-state index contributed by atoms with van der Waals surface area (Å²) in [5.74, 6) is -6.12. The highest BCUT2D eigenvalue weighted by atomic mass is 19.4. The molecule has 2 saturated heterocycles. The van der Waals surface area contributed by atoms with Crippen LogP contribution >= 0.6 is 0 Å². The second kappa shape index (κ2) is 13.4. The molecule has 1 amide bonds. The molecule has 0 aromatic carbocycles. The van der Waals surface area contributed by atoms with E-state index in [4.69, 9.17) is 14.2 Å². The summed E-state index contributed by atoms with van der Waals surface area (Å²) >= 11 is 0. The maximum Gasteiger partial charge on any atom is 0.412 e. The molecule has 5 aliphatic rings. The van der Waals surface area contributed by atoms with Crippen molar-refractivity contribution in [2.75, 3.05) is 33.9 Å². The van der Waals surface area contributed by atoms with Gasteiger partial charge in [0.2, 0.25) is 5.96 Å². The van der Waals surface area contributed by atoms with Crippen LogP contribution in [0.1, 0.15) is 39.5 Å². The zero-order valence-electron chi connectivity index (χ0n) is 27.1. The molecule has 3 aliphatic heterocycles. The summed E-state index contributed by atoms with van der Waals surface area (Å²) in [5.41, 5.74) is -0.754. The van der Waals surface area contributed by atoms with E-state index in [1.165, 1.54) is 30.9 Å². The SMILES string of the molecule is COC(=O)CC[C@H]1C=C(C2C(C)=NC(N3CC(F)(F)C3)=NC2CN2C(=O)O[C@H](C3=CC(C(F)(F)F)CC(C(F)(F)F)=C3)[C@@H]2C)C(OC)=CC1. The van der Waals surface area contributed by atoms with E-state index in [9.17, 15) is 44.7 Å². The van der Waals surface area contributed by atoms with E-state index in [-0.39, 0.29) is 24.8 Å². The third-order valence-electron chi connectivity index (χ3n) is 9.39. The Bertz CT molecular complexity index is 1520. The number of ether oxygens (including phenoxy) is 3. The topological polar surface area (TPSA) is 93.0 Å². The van der Waals surface area contributed by atoms with Crippen LogP contribution in [0.15, 0.2) is 56.8 Å². The number of hydrogen-bond donors (Lipinski definition) is 0. The van der Waals surface area contributed by atoms with E-state index in [1.54, 1.807) is 6.92 Å². The van der Waals surface area contributed by atoms with E-state index in [0.29, 0.717) is 42.0 Å². The molecule has 270 valence electrons. The number of amides is 1. The Balaban J connectivity index is 1.47. The Labute approximate surface area is 277 Å². The standard InChI is InChI=1S/C32H36F8N4O5/c1-16-26(22-9-18(5-7-24(22)47-3)6-8-25(45)48-4)23(42-28(41-16)43-14-30(33,34)15-43)13-44-17(2)27(49-29(44)46)19-10-20(31(35,36)37)12-21(11-19)32(38,39)40/h7,9-11,17-18,20,23,26-27H,5-6,8,12-15H2,1-4H3/t17-,18-,20?,23?,26?,27-/m0/s1. The fourth-order valence-corrected chi connectivity index (χ4v) is 6.80. The van der Waals surface area contributed by atoms with E-state index in [1.807, 2.05) is 12.2 Å². The second-order valence-electron chi connectivity index (χ2n) is 12.8. The minimum atomic E-state index is -5.03. The van der Waals surface area contributed by atoms with Gasteiger partial charge in [-0.2, -0.15) is 26.3 Å². The van der Waals surface area contributed by atoms with Crippen molar-refractivity contribution < 1.29 is 58.9 Å². The van der Waals surface area contributed by atoms with Crippen LogP contribution in [0.25, 0.3) is 0 Å². The average molecular weight is 709 g/mol. The lowest BCUT2D eigenvalue weighted by molar-refractivity contribution is -0.166. The monoisotopic (exact) mass is 708 g/mol. The quantitative estimate of drug-likeness (QED) is 0.215. The van der Waals surface area contributed by atoms with Crippen LogP contribution < -0.4 is 0 Å². The van der Waals surface area contributed by atoms with E-state index in [2.05, 4.69) is 9.98 Å². The van der Waals surface area contributed by atoms with Gasteiger partial charge < -0.3 is 19.1 Å². The normalized spacial score (nSPS) is 30.2. The molecule has 0 aromatic heterocycles. The molecule has 2 fully saturated rings. The summed E-state index contributed by atoms with van der Waals surface area (Å²) in [6.45, 7) is 1.60.